The zero-order valence-electron chi connectivity index (χ0n) is 14.4. The van der Waals surface area contributed by atoms with Gasteiger partial charge in [0.15, 0.2) is 0 Å². The van der Waals surface area contributed by atoms with Crippen molar-refractivity contribution in [1.29, 1.82) is 0 Å². The van der Waals surface area contributed by atoms with Crippen molar-refractivity contribution >= 4 is 11.7 Å². The van der Waals surface area contributed by atoms with Crippen LogP contribution in [-0.2, 0) is 6.54 Å². The van der Waals surface area contributed by atoms with Crippen molar-refractivity contribution < 1.29 is 22.7 Å². The Labute approximate surface area is 154 Å². The largest absolute Gasteiger partial charge is 0.435 e. The van der Waals surface area contributed by atoms with Gasteiger partial charge in [-0.25, -0.2) is 9.78 Å². The molecule has 1 N–H and O–H groups in total. The smallest absolute Gasteiger partial charge is 0.387 e. The summed E-state index contributed by atoms with van der Waals surface area (Å²) >= 11 is 0. The average Bonchev–Trinajstić information content (AvgIpc) is 2.66. The summed E-state index contributed by atoms with van der Waals surface area (Å²) in [5, 5.41) is 2.77. The molecule has 0 radical (unpaired) electrons. The molecule has 2 amide bonds. The molecule has 1 aromatic heterocycles. The van der Waals surface area contributed by atoms with Crippen LogP contribution in [-0.4, -0.2) is 48.7 Å². The standard InChI is InChI=1S/C18H19F3N4O2/c19-16-11-14(4-5-22-16)24-6-8-25(9-7-24)18(26)23-12-13-2-1-3-15(10-13)27-17(20)21/h1-5,10-11,17H,6-9,12H2,(H,23,26). The van der Waals surface area contributed by atoms with Gasteiger partial charge in [-0.05, 0) is 23.8 Å². The quantitative estimate of drug-likeness (QED) is 0.811. The molecule has 27 heavy (non-hydrogen) atoms. The van der Waals surface area contributed by atoms with Crippen molar-refractivity contribution in [3.8, 4) is 5.75 Å². The van der Waals surface area contributed by atoms with Crippen LogP contribution in [0.25, 0.3) is 0 Å². The number of carbonyl (C=O) groups excluding carboxylic acids is 1. The Morgan fingerprint density at radius 3 is 2.67 bits per heavy atom. The number of hydrogen-bond donors (Lipinski definition) is 1. The fourth-order valence-corrected chi connectivity index (χ4v) is 2.88. The number of rotatable bonds is 5. The number of pyridine rings is 1. The van der Waals surface area contributed by atoms with E-state index in [0.717, 1.165) is 5.69 Å². The minimum atomic E-state index is -2.89. The molecule has 9 heteroatoms. The van der Waals surface area contributed by atoms with Crippen molar-refractivity contribution in [2.75, 3.05) is 31.1 Å². The molecule has 0 unspecified atom stereocenters. The summed E-state index contributed by atoms with van der Waals surface area (Å²) in [5.74, 6) is -0.485. The molecule has 1 aliphatic heterocycles. The summed E-state index contributed by atoms with van der Waals surface area (Å²) < 4.78 is 42.1. The van der Waals surface area contributed by atoms with Gasteiger partial charge in [0.1, 0.15) is 5.75 Å². The first-order valence-electron chi connectivity index (χ1n) is 8.44. The zero-order valence-corrected chi connectivity index (χ0v) is 14.4. The van der Waals surface area contributed by atoms with Crippen LogP contribution >= 0.6 is 0 Å². The van der Waals surface area contributed by atoms with Crippen LogP contribution in [0.5, 0.6) is 5.75 Å². The topological polar surface area (TPSA) is 57.7 Å². The molecule has 0 aliphatic carbocycles. The number of nitrogens with zero attached hydrogens (tertiary/aromatic N) is 3. The number of anilines is 1. The fraction of sp³-hybridized carbons (Fsp3) is 0.333. The van der Waals surface area contributed by atoms with Crippen LogP contribution in [0.2, 0.25) is 0 Å². The van der Waals surface area contributed by atoms with Gasteiger partial charge >= 0.3 is 12.6 Å². The van der Waals surface area contributed by atoms with Gasteiger partial charge < -0.3 is 19.9 Å². The summed E-state index contributed by atoms with van der Waals surface area (Å²) in [6.07, 6.45) is 1.41. The number of urea groups is 1. The third-order valence-corrected chi connectivity index (χ3v) is 4.21. The van der Waals surface area contributed by atoms with Crippen LogP contribution in [0, 0.1) is 5.95 Å². The van der Waals surface area contributed by atoms with E-state index in [4.69, 9.17) is 0 Å². The Morgan fingerprint density at radius 2 is 1.96 bits per heavy atom. The molecular weight excluding hydrogens is 361 g/mol. The molecule has 1 fully saturated rings. The Balaban J connectivity index is 1.48. The molecule has 1 saturated heterocycles. The van der Waals surface area contributed by atoms with E-state index >= 15 is 0 Å². The van der Waals surface area contributed by atoms with Crippen molar-refractivity contribution in [1.82, 2.24) is 15.2 Å². The van der Waals surface area contributed by atoms with Crippen LogP contribution < -0.4 is 15.0 Å². The second-order valence-electron chi connectivity index (χ2n) is 6.00. The maximum atomic E-state index is 13.2. The highest BCUT2D eigenvalue weighted by atomic mass is 19.3. The summed E-state index contributed by atoms with van der Waals surface area (Å²) in [5.41, 5.74) is 1.39. The lowest BCUT2D eigenvalue weighted by Gasteiger charge is -2.36. The van der Waals surface area contributed by atoms with Crippen molar-refractivity contribution in [3.63, 3.8) is 0 Å². The summed E-state index contributed by atoms with van der Waals surface area (Å²) in [6.45, 7) is -0.549. The van der Waals surface area contributed by atoms with Crippen LogP contribution in [0.3, 0.4) is 0 Å². The Hall–Kier alpha value is -2.97. The van der Waals surface area contributed by atoms with E-state index in [0.29, 0.717) is 31.7 Å². The van der Waals surface area contributed by atoms with Crippen molar-refractivity contribution in [2.45, 2.75) is 13.2 Å². The lowest BCUT2D eigenvalue weighted by atomic mass is 10.2. The lowest BCUT2D eigenvalue weighted by molar-refractivity contribution is -0.0498. The first-order chi connectivity index (χ1) is 13.0. The van der Waals surface area contributed by atoms with Gasteiger partial charge in [0.25, 0.3) is 0 Å². The third kappa shape index (κ3) is 5.25. The highest BCUT2D eigenvalue weighted by molar-refractivity contribution is 5.74. The minimum Gasteiger partial charge on any atom is -0.435 e. The molecule has 2 heterocycles. The van der Waals surface area contributed by atoms with Gasteiger partial charge in [0, 0.05) is 50.7 Å². The molecule has 2 aromatic rings. The Kier molecular flexibility index (Phi) is 6.00. The number of nitrogens with one attached hydrogen (secondary N) is 1. The normalized spacial score (nSPS) is 14.4. The van der Waals surface area contributed by atoms with Gasteiger partial charge in [-0.3, -0.25) is 0 Å². The van der Waals surface area contributed by atoms with E-state index in [2.05, 4.69) is 15.0 Å². The van der Waals surface area contributed by atoms with Crippen LogP contribution in [0.1, 0.15) is 5.56 Å². The number of carbonyl (C=O) groups is 1. The predicted octanol–water partition coefficient (Wildman–Crippen LogP) is 2.85. The lowest BCUT2D eigenvalue weighted by Crippen LogP contribution is -2.51. The fourth-order valence-electron chi connectivity index (χ4n) is 2.88. The first-order valence-corrected chi connectivity index (χ1v) is 8.44. The van der Waals surface area contributed by atoms with E-state index in [-0.39, 0.29) is 18.3 Å². The van der Waals surface area contributed by atoms with Gasteiger partial charge in [-0.15, -0.1) is 0 Å². The monoisotopic (exact) mass is 380 g/mol. The van der Waals surface area contributed by atoms with Gasteiger partial charge in [-0.1, -0.05) is 12.1 Å². The zero-order chi connectivity index (χ0) is 19.2. The second kappa shape index (κ2) is 8.61. The molecule has 1 aliphatic rings. The molecule has 3 rings (SSSR count). The maximum Gasteiger partial charge on any atom is 0.387 e. The Bertz CT molecular complexity index is 783. The van der Waals surface area contributed by atoms with Crippen LogP contribution in [0.15, 0.2) is 42.6 Å². The number of hydrogen-bond acceptors (Lipinski definition) is 4. The van der Waals surface area contributed by atoms with E-state index in [1.54, 1.807) is 23.1 Å². The molecule has 0 bridgehead atoms. The van der Waals surface area contributed by atoms with Crippen LogP contribution in [0.4, 0.5) is 23.7 Å². The SMILES string of the molecule is O=C(NCc1cccc(OC(F)F)c1)N1CCN(c2ccnc(F)c2)CC1. The summed E-state index contributed by atoms with van der Waals surface area (Å²) in [4.78, 5) is 19.5. The number of ether oxygens (including phenoxy) is 1. The molecule has 144 valence electrons. The molecule has 1 aromatic carbocycles. The Morgan fingerprint density at radius 1 is 1.19 bits per heavy atom. The molecule has 0 atom stereocenters. The molecule has 0 saturated carbocycles. The van der Waals surface area contributed by atoms with Crippen molar-refractivity contribution in [2.24, 2.45) is 0 Å². The maximum absolute atomic E-state index is 13.2. The number of aromatic nitrogens is 1. The second-order valence-corrected chi connectivity index (χ2v) is 6.00. The first kappa shape index (κ1) is 18.8. The number of alkyl halides is 2. The highest BCUT2D eigenvalue weighted by Gasteiger charge is 2.21. The number of amides is 2. The van der Waals surface area contributed by atoms with Gasteiger partial charge in [-0.2, -0.15) is 13.2 Å². The van der Waals surface area contributed by atoms with E-state index < -0.39 is 12.6 Å². The average molecular weight is 380 g/mol. The van der Waals surface area contributed by atoms with E-state index in [1.165, 1.54) is 24.4 Å². The summed E-state index contributed by atoms with van der Waals surface area (Å²) in [7, 11) is 0. The predicted molar refractivity (Wildman–Crippen MR) is 93.3 cm³/mol. The highest BCUT2D eigenvalue weighted by Crippen LogP contribution is 2.17. The van der Waals surface area contributed by atoms with E-state index in [1.807, 2.05) is 4.90 Å². The minimum absolute atomic E-state index is 0.0509. The van der Waals surface area contributed by atoms with Gasteiger partial charge in [0.2, 0.25) is 5.95 Å². The van der Waals surface area contributed by atoms with Crippen molar-refractivity contribution in [3.05, 3.63) is 54.1 Å². The molecule has 0 spiro atoms. The molecular formula is C18H19F3N4O2. The molecule has 6 nitrogen and oxygen atoms in total. The van der Waals surface area contributed by atoms with Gasteiger partial charge in [0.05, 0.1) is 0 Å². The number of piperazine rings is 1. The van der Waals surface area contributed by atoms with E-state index in [9.17, 15) is 18.0 Å². The number of benzene rings is 1. The third-order valence-electron chi connectivity index (χ3n) is 4.21. The summed E-state index contributed by atoms with van der Waals surface area (Å²) in [6, 6.07) is 9.05. The number of halogens is 3.